The molecular formula is C15H25NO2. The number of nitrogens with one attached hydrogen (secondary N) is 1. The molecule has 1 rings (SSSR count). The van der Waals surface area contributed by atoms with Gasteiger partial charge < -0.3 is 15.2 Å². The van der Waals surface area contributed by atoms with Crippen molar-refractivity contribution in [3.63, 3.8) is 0 Å². The molecule has 1 aromatic carbocycles. The van der Waals surface area contributed by atoms with Gasteiger partial charge >= 0.3 is 0 Å². The Bertz CT molecular complexity index is 316. The van der Waals surface area contributed by atoms with Gasteiger partial charge in [0.2, 0.25) is 0 Å². The molecule has 0 aliphatic rings. The fourth-order valence-electron chi connectivity index (χ4n) is 1.93. The first-order valence-electron chi connectivity index (χ1n) is 6.69. The SMILES string of the molecule is CCOCC(C)NC(C)C(O)Cc1ccccc1. The normalized spacial score (nSPS) is 16.2. The van der Waals surface area contributed by atoms with E-state index in [2.05, 4.69) is 12.2 Å². The Balaban J connectivity index is 2.34. The van der Waals surface area contributed by atoms with Gasteiger partial charge in [-0.2, -0.15) is 0 Å². The monoisotopic (exact) mass is 251 g/mol. The van der Waals surface area contributed by atoms with Crippen molar-refractivity contribution in [2.24, 2.45) is 0 Å². The maximum atomic E-state index is 10.1. The van der Waals surface area contributed by atoms with E-state index in [1.54, 1.807) is 0 Å². The summed E-state index contributed by atoms with van der Waals surface area (Å²) in [6.07, 6.45) is 0.299. The average molecular weight is 251 g/mol. The molecule has 0 bridgehead atoms. The van der Waals surface area contributed by atoms with Crippen LogP contribution < -0.4 is 5.32 Å². The van der Waals surface area contributed by atoms with Gasteiger partial charge in [-0.25, -0.2) is 0 Å². The predicted octanol–water partition coefficient (Wildman–Crippen LogP) is 1.99. The predicted molar refractivity (Wildman–Crippen MR) is 74.7 cm³/mol. The smallest absolute Gasteiger partial charge is 0.0730 e. The highest BCUT2D eigenvalue weighted by molar-refractivity contribution is 5.15. The summed E-state index contributed by atoms with van der Waals surface area (Å²) >= 11 is 0. The lowest BCUT2D eigenvalue weighted by Gasteiger charge is -2.24. The molecule has 0 spiro atoms. The molecule has 0 amide bonds. The van der Waals surface area contributed by atoms with Gasteiger partial charge in [-0.05, 0) is 32.8 Å². The van der Waals surface area contributed by atoms with Gasteiger partial charge in [0.1, 0.15) is 0 Å². The van der Waals surface area contributed by atoms with Gasteiger partial charge in [0.05, 0.1) is 12.7 Å². The molecule has 0 saturated heterocycles. The zero-order chi connectivity index (χ0) is 13.4. The molecule has 3 nitrogen and oxygen atoms in total. The van der Waals surface area contributed by atoms with Gasteiger partial charge in [-0.3, -0.25) is 0 Å². The minimum absolute atomic E-state index is 0.0562. The van der Waals surface area contributed by atoms with Crippen LogP contribution >= 0.6 is 0 Å². The van der Waals surface area contributed by atoms with Gasteiger partial charge in [-0.15, -0.1) is 0 Å². The third kappa shape index (κ3) is 5.63. The molecule has 3 unspecified atom stereocenters. The second-order valence-corrected chi connectivity index (χ2v) is 4.77. The number of aliphatic hydroxyl groups excluding tert-OH is 1. The molecule has 102 valence electrons. The maximum Gasteiger partial charge on any atom is 0.0730 e. The van der Waals surface area contributed by atoms with E-state index in [4.69, 9.17) is 4.74 Å². The van der Waals surface area contributed by atoms with E-state index in [0.29, 0.717) is 13.0 Å². The Kier molecular flexibility index (Phi) is 6.94. The van der Waals surface area contributed by atoms with Crippen LogP contribution in [-0.4, -0.2) is 36.5 Å². The van der Waals surface area contributed by atoms with Gasteiger partial charge in [-0.1, -0.05) is 30.3 Å². The second kappa shape index (κ2) is 8.25. The van der Waals surface area contributed by atoms with E-state index >= 15 is 0 Å². The van der Waals surface area contributed by atoms with Crippen molar-refractivity contribution >= 4 is 0 Å². The molecular weight excluding hydrogens is 226 g/mol. The van der Waals surface area contributed by atoms with E-state index in [0.717, 1.165) is 12.2 Å². The summed E-state index contributed by atoms with van der Waals surface area (Å²) in [4.78, 5) is 0. The zero-order valence-electron chi connectivity index (χ0n) is 11.6. The van der Waals surface area contributed by atoms with Crippen LogP contribution in [0.1, 0.15) is 26.3 Å². The summed E-state index contributed by atoms with van der Waals surface area (Å²) in [5.41, 5.74) is 1.16. The van der Waals surface area contributed by atoms with Crippen LogP contribution in [0.4, 0.5) is 0 Å². The van der Waals surface area contributed by atoms with E-state index < -0.39 is 0 Å². The number of ether oxygens (including phenoxy) is 1. The lowest BCUT2D eigenvalue weighted by molar-refractivity contribution is 0.0964. The number of rotatable bonds is 8. The lowest BCUT2D eigenvalue weighted by Crippen LogP contribution is -2.45. The standard InChI is InChI=1S/C15H25NO2/c1-4-18-11-12(2)16-13(3)15(17)10-14-8-6-5-7-9-14/h5-9,12-13,15-17H,4,10-11H2,1-3H3. The lowest BCUT2D eigenvalue weighted by atomic mass is 10.0. The highest BCUT2D eigenvalue weighted by Gasteiger charge is 2.16. The fourth-order valence-corrected chi connectivity index (χ4v) is 1.93. The second-order valence-electron chi connectivity index (χ2n) is 4.77. The van der Waals surface area contributed by atoms with E-state index in [-0.39, 0.29) is 18.2 Å². The highest BCUT2D eigenvalue weighted by Crippen LogP contribution is 2.06. The molecule has 2 N–H and O–H groups in total. The van der Waals surface area contributed by atoms with E-state index in [1.165, 1.54) is 0 Å². The topological polar surface area (TPSA) is 41.5 Å². The molecule has 0 aromatic heterocycles. The summed E-state index contributed by atoms with van der Waals surface area (Å²) in [6, 6.07) is 10.4. The zero-order valence-corrected chi connectivity index (χ0v) is 11.6. The van der Waals surface area contributed by atoms with Crippen molar-refractivity contribution in [3.8, 4) is 0 Å². The van der Waals surface area contributed by atoms with E-state index in [1.807, 2.05) is 44.2 Å². The minimum Gasteiger partial charge on any atom is -0.391 e. The summed E-state index contributed by atoms with van der Waals surface area (Å²) in [5.74, 6) is 0. The van der Waals surface area contributed by atoms with Gasteiger partial charge in [0.25, 0.3) is 0 Å². The van der Waals surface area contributed by atoms with Crippen LogP contribution in [0.5, 0.6) is 0 Å². The van der Waals surface area contributed by atoms with Crippen LogP contribution in [0.15, 0.2) is 30.3 Å². The molecule has 3 atom stereocenters. The number of hydrogen-bond acceptors (Lipinski definition) is 3. The Labute approximate surface area is 110 Å². The molecule has 0 aliphatic heterocycles. The first-order valence-corrected chi connectivity index (χ1v) is 6.69. The van der Waals surface area contributed by atoms with Crippen molar-refractivity contribution in [2.45, 2.75) is 45.4 Å². The molecule has 0 heterocycles. The van der Waals surface area contributed by atoms with Crippen molar-refractivity contribution < 1.29 is 9.84 Å². The van der Waals surface area contributed by atoms with Crippen LogP contribution in [0.2, 0.25) is 0 Å². The number of benzene rings is 1. The summed E-state index contributed by atoms with van der Waals surface area (Å²) in [7, 11) is 0. The minimum atomic E-state index is -0.378. The van der Waals surface area contributed by atoms with Crippen molar-refractivity contribution in [2.75, 3.05) is 13.2 Å². The van der Waals surface area contributed by atoms with E-state index in [9.17, 15) is 5.11 Å². The largest absolute Gasteiger partial charge is 0.391 e. The Morgan fingerprint density at radius 2 is 1.89 bits per heavy atom. The van der Waals surface area contributed by atoms with Crippen LogP contribution in [0, 0.1) is 0 Å². The van der Waals surface area contributed by atoms with Crippen molar-refractivity contribution in [1.29, 1.82) is 0 Å². The summed E-state index contributed by atoms with van der Waals surface area (Å²) in [5, 5.41) is 13.5. The third-order valence-corrected chi connectivity index (χ3v) is 2.98. The molecule has 0 fully saturated rings. The van der Waals surface area contributed by atoms with Gasteiger partial charge in [0, 0.05) is 18.7 Å². The Morgan fingerprint density at radius 3 is 2.50 bits per heavy atom. The fraction of sp³-hybridized carbons (Fsp3) is 0.600. The van der Waals surface area contributed by atoms with Crippen molar-refractivity contribution in [3.05, 3.63) is 35.9 Å². The molecule has 18 heavy (non-hydrogen) atoms. The molecule has 1 aromatic rings. The number of aliphatic hydroxyl groups is 1. The van der Waals surface area contributed by atoms with Gasteiger partial charge in [0.15, 0.2) is 0 Å². The van der Waals surface area contributed by atoms with Crippen molar-refractivity contribution in [1.82, 2.24) is 5.32 Å². The third-order valence-electron chi connectivity index (χ3n) is 2.98. The average Bonchev–Trinajstić information content (AvgIpc) is 2.37. The quantitative estimate of drug-likeness (QED) is 0.742. The first-order chi connectivity index (χ1) is 8.63. The Morgan fingerprint density at radius 1 is 1.22 bits per heavy atom. The molecule has 0 aliphatic carbocycles. The highest BCUT2D eigenvalue weighted by atomic mass is 16.5. The molecule has 0 radical (unpaired) electrons. The number of hydrogen-bond donors (Lipinski definition) is 2. The van der Waals surface area contributed by atoms with Crippen LogP contribution in [-0.2, 0) is 11.2 Å². The molecule has 3 heteroatoms. The Hall–Kier alpha value is -0.900. The maximum absolute atomic E-state index is 10.1. The summed E-state index contributed by atoms with van der Waals surface area (Å²) in [6.45, 7) is 7.48. The van der Waals surface area contributed by atoms with Crippen LogP contribution in [0.3, 0.4) is 0 Å². The van der Waals surface area contributed by atoms with Crippen LogP contribution in [0.25, 0.3) is 0 Å². The first kappa shape index (κ1) is 15.2. The molecule has 0 saturated carbocycles. The summed E-state index contributed by atoms with van der Waals surface area (Å²) < 4.78 is 5.35.